The van der Waals surface area contributed by atoms with Crippen LogP contribution in [0.1, 0.15) is 78.4 Å². The van der Waals surface area contributed by atoms with E-state index < -0.39 is 0 Å². The van der Waals surface area contributed by atoms with Gasteiger partial charge in [0.1, 0.15) is 11.5 Å². The van der Waals surface area contributed by atoms with Crippen LogP contribution in [0.2, 0.25) is 0 Å². The number of hydrogen-bond acceptors (Lipinski definition) is 3. The Morgan fingerprint density at radius 1 is 0.815 bits per heavy atom. The van der Waals surface area contributed by atoms with Crippen molar-refractivity contribution < 1.29 is 9.84 Å². The molecule has 0 fully saturated rings. The molecular formula is C50H53N2O2+. The highest BCUT2D eigenvalue weighted by molar-refractivity contribution is 5.83. The Balaban J connectivity index is 1.76. The molecule has 1 aliphatic carbocycles. The number of anilines is 2. The second-order valence-corrected chi connectivity index (χ2v) is 15.8. The average Bonchev–Trinajstić information content (AvgIpc) is 3.12. The SMILES string of the molecule is C#CCN(CC#C)c1ccc(C(=C\CC(C)(C)C)/C=C/C2=C(C#C)C(=C/C=C3\C=C(C(C)(C)C)Oc4cc(N(CC#C)CC#C)ccc43)/CCC2)c([OH2+])c1. The van der Waals surface area contributed by atoms with Crippen LogP contribution in [0.4, 0.5) is 11.4 Å². The molecule has 4 heteroatoms. The summed E-state index contributed by atoms with van der Waals surface area (Å²) >= 11 is 0. The monoisotopic (exact) mass is 713 g/mol. The molecule has 0 aromatic heterocycles. The van der Waals surface area contributed by atoms with Crippen molar-refractivity contribution in [3.05, 3.63) is 106 Å². The van der Waals surface area contributed by atoms with E-state index in [1.165, 1.54) is 0 Å². The Labute approximate surface area is 325 Å². The number of ether oxygens (including phenoxy) is 1. The van der Waals surface area contributed by atoms with Gasteiger partial charge in [-0.05, 0) is 83.7 Å². The zero-order chi connectivity index (χ0) is 39.5. The molecule has 0 atom stereocenters. The fourth-order valence-corrected chi connectivity index (χ4v) is 6.31. The molecule has 2 aromatic carbocycles. The third-order valence-corrected chi connectivity index (χ3v) is 9.24. The molecule has 274 valence electrons. The van der Waals surface area contributed by atoms with Gasteiger partial charge in [0.25, 0.3) is 5.75 Å². The Hall–Kier alpha value is -6.12. The van der Waals surface area contributed by atoms with Gasteiger partial charge in [-0.1, -0.05) is 102 Å². The number of rotatable bonds is 11. The molecule has 0 saturated heterocycles. The largest absolute Gasteiger partial charge is 0.593 e. The first-order valence-electron chi connectivity index (χ1n) is 18.4. The zero-order valence-corrected chi connectivity index (χ0v) is 32.8. The van der Waals surface area contributed by atoms with Gasteiger partial charge >= 0.3 is 0 Å². The Morgan fingerprint density at radius 2 is 1.43 bits per heavy atom. The fraction of sp³-hybridized carbons (Fsp3) is 0.320. The van der Waals surface area contributed by atoms with E-state index in [4.69, 9.17) is 42.0 Å². The number of benzene rings is 2. The van der Waals surface area contributed by atoms with Gasteiger partial charge < -0.3 is 19.6 Å². The summed E-state index contributed by atoms with van der Waals surface area (Å²) in [6, 6.07) is 11.9. The lowest BCUT2D eigenvalue weighted by Crippen LogP contribution is -2.24. The third kappa shape index (κ3) is 10.5. The smallest absolute Gasteiger partial charge is 0.263 e. The first-order valence-corrected chi connectivity index (χ1v) is 18.4. The molecular weight excluding hydrogens is 661 g/mol. The van der Waals surface area contributed by atoms with Gasteiger partial charge in [0.05, 0.1) is 37.8 Å². The van der Waals surface area contributed by atoms with Crippen molar-refractivity contribution in [3.8, 4) is 73.2 Å². The van der Waals surface area contributed by atoms with Crippen LogP contribution in [-0.2, 0) is 0 Å². The van der Waals surface area contributed by atoms with Crippen LogP contribution in [0.15, 0.2) is 95.3 Å². The van der Waals surface area contributed by atoms with E-state index in [1.807, 2.05) is 40.1 Å². The molecule has 0 unspecified atom stereocenters. The third-order valence-electron chi connectivity index (χ3n) is 9.24. The van der Waals surface area contributed by atoms with Crippen molar-refractivity contribution in [2.24, 2.45) is 10.8 Å². The van der Waals surface area contributed by atoms with Crippen LogP contribution in [-0.4, -0.2) is 31.3 Å². The van der Waals surface area contributed by atoms with Crippen molar-refractivity contribution in [2.75, 3.05) is 36.0 Å². The minimum absolute atomic E-state index is 0.0729. The van der Waals surface area contributed by atoms with Gasteiger partial charge in [-0.3, -0.25) is 0 Å². The van der Waals surface area contributed by atoms with E-state index >= 15 is 0 Å². The van der Waals surface area contributed by atoms with Crippen molar-refractivity contribution in [1.82, 2.24) is 0 Å². The molecule has 54 heavy (non-hydrogen) atoms. The Kier molecular flexibility index (Phi) is 13.6. The van der Waals surface area contributed by atoms with Crippen molar-refractivity contribution in [2.45, 2.75) is 67.2 Å². The average molecular weight is 714 g/mol. The second kappa shape index (κ2) is 18.1. The highest BCUT2D eigenvalue weighted by Gasteiger charge is 2.26. The Morgan fingerprint density at radius 3 is 1.98 bits per heavy atom. The van der Waals surface area contributed by atoms with Crippen molar-refractivity contribution in [1.29, 1.82) is 0 Å². The first-order chi connectivity index (χ1) is 25.7. The summed E-state index contributed by atoms with van der Waals surface area (Å²) in [6.07, 6.45) is 45.2. The van der Waals surface area contributed by atoms with Gasteiger partial charge in [0, 0.05) is 34.0 Å². The van der Waals surface area contributed by atoms with Crippen LogP contribution < -0.4 is 14.5 Å². The molecule has 2 N–H and O–H groups in total. The van der Waals surface area contributed by atoms with Gasteiger partial charge in [-0.25, -0.2) is 0 Å². The molecule has 4 nitrogen and oxygen atoms in total. The predicted octanol–water partition coefficient (Wildman–Crippen LogP) is 10.1. The molecule has 2 aromatic rings. The fourth-order valence-electron chi connectivity index (χ4n) is 6.31. The second-order valence-electron chi connectivity index (χ2n) is 15.8. The number of allylic oxidation sites excluding steroid dienone is 12. The quantitative estimate of drug-likeness (QED) is 0.132. The van der Waals surface area contributed by atoms with Crippen LogP contribution in [0.25, 0.3) is 11.1 Å². The summed E-state index contributed by atoms with van der Waals surface area (Å²) in [7, 11) is 0. The van der Waals surface area contributed by atoms with E-state index in [0.29, 0.717) is 31.9 Å². The molecule has 1 aliphatic heterocycles. The van der Waals surface area contributed by atoms with Gasteiger partial charge in [-0.15, -0.1) is 32.1 Å². The van der Waals surface area contributed by atoms with Crippen LogP contribution in [0.3, 0.4) is 0 Å². The summed E-state index contributed by atoms with van der Waals surface area (Å²) in [4.78, 5) is 3.89. The summed E-state index contributed by atoms with van der Waals surface area (Å²) in [5.74, 6) is 15.8. The predicted molar refractivity (Wildman–Crippen MR) is 231 cm³/mol. The summed E-state index contributed by atoms with van der Waals surface area (Å²) in [6.45, 7) is 14.6. The minimum atomic E-state index is -0.218. The maximum absolute atomic E-state index is 9.00. The molecule has 1 heterocycles. The van der Waals surface area contributed by atoms with Crippen LogP contribution >= 0.6 is 0 Å². The lowest BCUT2D eigenvalue weighted by Gasteiger charge is -2.30. The van der Waals surface area contributed by atoms with Gasteiger partial charge in [0.15, 0.2) is 0 Å². The molecule has 4 rings (SSSR count). The van der Waals surface area contributed by atoms with Crippen LogP contribution in [0, 0.1) is 72.5 Å². The maximum atomic E-state index is 9.00. The number of nitrogens with zero attached hydrogens (tertiary/aromatic N) is 2. The summed E-state index contributed by atoms with van der Waals surface area (Å²) < 4.78 is 6.49. The molecule has 0 saturated carbocycles. The lowest BCUT2D eigenvalue weighted by molar-refractivity contribution is 0.291. The number of terminal acetylenes is 5. The van der Waals surface area contributed by atoms with Crippen molar-refractivity contribution in [3.63, 3.8) is 0 Å². The first kappa shape index (κ1) is 40.6. The molecule has 0 bridgehead atoms. The Bertz CT molecular complexity index is 2100. The van der Waals surface area contributed by atoms with E-state index in [2.05, 4.69) is 114 Å². The van der Waals surface area contributed by atoms with Gasteiger partial charge in [-0.2, -0.15) is 0 Å². The van der Waals surface area contributed by atoms with E-state index in [1.54, 1.807) is 0 Å². The van der Waals surface area contributed by atoms with Crippen molar-refractivity contribution >= 4 is 22.5 Å². The summed E-state index contributed by atoms with van der Waals surface area (Å²) in [5.41, 5.74) is 8.58. The maximum Gasteiger partial charge on any atom is 0.263 e. The van der Waals surface area contributed by atoms with Gasteiger partial charge in [0.2, 0.25) is 0 Å². The number of fused-ring (bicyclic) bond motifs is 1. The molecule has 0 radical (unpaired) electrons. The summed E-state index contributed by atoms with van der Waals surface area (Å²) in [5, 5.41) is 9.00. The standard InChI is InChI=1S/C50H52N2O2/c1-12-30-51(31-13-2)41-24-26-44(46(53)35-41)39(28-29-49(6,7)8)21-20-37-18-17-19-38(43(37)16-5)22-23-40-34-48(50(9,10)11)54-47-36-42(25-27-45(40)47)52(32-14-3)33-15-4/h1-5,20-28,34-36,53H,17-19,29-33H2,6-11H3/p+1/b21-20+,38-22+,39-28-,40-23+. The van der Waals surface area contributed by atoms with Crippen LogP contribution in [0.5, 0.6) is 11.5 Å². The zero-order valence-electron chi connectivity index (χ0n) is 32.8. The molecule has 0 amide bonds. The van der Waals surface area contributed by atoms with E-state index in [0.717, 1.165) is 87.6 Å². The topological polar surface area (TPSA) is 38.6 Å². The molecule has 0 spiro atoms. The highest BCUT2D eigenvalue weighted by Crippen LogP contribution is 2.42. The van der Waals surface area contributed by atoms with E-state index in [-0.39, 0.29) is 10.8 Å². The lowest BCUT2D eigenvalue weighted by atomic mass is 9.85. The highest BCUT2D eigenvalue weighted by atomic mass is 16.5. The molecule has 2 aliphatic rings. The minimum Gasteiger partial charge on any atom is -0.593 e. The van der Waals surface area contributed by atoms with E-state index in [9.17, 15) is 0 Å². The number of hydrogen-bond donors (Lipinski definition) is 0. The normalized spacial score (nSPS) is 16.0.